The number of hydrogen-bond acceptors (Lipinski definition) is 4. The summed E-state index contributed by atoms with van der Waals surface area (Å²) < 4.78 is 24.2. The van der Waals surface area contributed by atoms with Crippen molar-refractivity contribution >= 4 is 49.5 Å². The van der Waals surface area contributed by atoms with E-state index in [9.17, 15) is 13.2 Å². The van der Waals surface area contributed by atoms with Gasteiger partial charge >= 0.3 is 5.97 Å². The second kappa shape index (κ2) is 4.87. The van der Waals surface area contributed by atoms with E-state index in [0.717, 1.165) is 16.7 Å². The molecule has 0 unspecified atom stereocenters. The Labute approximate surface area is 113 Å². The fourth-order valence-corrected chi connectivity index (χ4v) is 4.61. The molecule has 1 heterocycles. The Bertz CT molecular complexity index is 703. The first-order chi connectivity index (χ1) is 8.40. The monoisotopic (exact) mass is 304 g/mol. The van der Waals surface area contributed by atoms with E-state index in [2.05, 4.69) is 0 Å². The van der Waals surface area contributed by atoms with E-state index in [4.69, 9.17) is 16.7 Å². The molecule has 0 spiro atoms. The molecular formula is C11H9ClO4S2. The minimum atomic E-state index is -3.56. The molecule has 0 saturated heterocycles. The van der Waals surface area contributed by atoms with Crippen LogP contribution < -0.4 is 0 Å². The Morgan fingerprint density at radius 2 is 2.11 bits per heavy atom. The Morgan fingerprint density at radius 3 is 2.78 bits per heavy atom. The molecule has 0 radical (unpaired) electrons. The number of benzene rings is 1. The van der Waals surface area contributed by atoms with Gasteiger partial charge in [-0.15, -0.1) is 11.3 Å². The first-order valence-electron chi connectivity index (χ1n) is 5.01. The van der Waals surface area contributed by atoms with Gasteiger partial charge in [-0.2, -0.15) is 0 Å². The average Bonchev–Trinajstić information content (AvgIpc) is 2.70. The van der Waals surface area contributed by atoms with Gasteiger partial charge in [0.25, 0.3) is 0 Å². The van der Waals surface area contributed by atoms with Crippen molar-refractivity contribution in [3.63, 3.8) is 0 Å². The Kier molecular flexibility index (Phi) is 3.61. The lowest BCUT2D eigenvalue weighted by Gasteiger charge is -2.00. The normalized spacial score (nSPS) is 11.8. The van der Waals surface area contributed by atoms with Crippen LogP contribution in [0.4, 0.5) is 0 Å². The second-order valence-electron chi connectivity index (χ2n) is 3.72. The lowest BCUT2D eigenvalue weighted by atomic mass is 10.2. The van der Waals surface area contributed by atoms with E-state index in [1.807, 2.05) is 0 Å². The van der Waals surface area contributed by atoms with Gasteiger partial charge in [0.15, 0.2) is 9.84 Å². The number of carbonyl (C=O) groups is 1. The predicted molar refractivity (Wildman–Crippen MR) is 71.1 cm³/mol. The van der Waals surface area contributed by atoms with E-state index in [1.165, 1.54) is 0 Å². The predicted octanol–water partition coefficient (Wildman–Crippen LogP) is 2.80. The standard InChI is InChI=1S/C11H9ClO4S2/c12-8-1-2-9-7(5-8)6-17-11(9)18(15,16)4-3-10(13)14/h1-2,5-6H,3-4H2,(H,13,14). The van der Waals surface area contributed by atoms with Gasteiger partial charge < -0.3 is 5.11 Å². The summed E-state index contributed by atoms with van der Waals surface area (Å²) in [5.74, 6) is -1.51. The van der Waals surface area contributed by atoms with Gasteiger partial charge in [-0.1, -0.05) is 17.7 Å². The molecule has 2 aromatic rings. The lowest BCUT2D eigenvalue weighted by Crippen LogP contribution is -2.09. The molecule has 0 bridgehead atoms. The summed E-state index contributed by atoms with van der Waals surface area (Å²) in [6.07, 6.45) is -0.394. The lowest BCUT2D eigenvalue weighted by molar-refractivity contribution is -0.136. The molecule has 0 aliphatic rings. The molecule has 0 atom stereocenters. The van der Waals surface area contributed by atoms with Gasteiger partial charge in [0.05, 0.1) is 12.2 Å². The molecule has 2 rings (SSSR count). The molecule has 0 amide bonds. The molecule has 0 aliphatic carbocycles. The summed E-state index contributed by atoms with van der Waals surface area (Å²) in [5.41, 5.74) is 0. The molecule has 1 aromatic carbocycles. The van der Waals surface area contributed by atoms with Crippen LogP contribution in [0.2, 0.25) is 5.02 Å². The molecule has 4 nitrogen and oxygen atoms in total. The van der Waals surface area contributed by atoms with E-state index in [-0.39, 0.29) is 9.96 Å². The van der Waals surface area contributed by atoms with Crippen LogP contribution >= 0.6 is 22.9 Å². The summed E-state index contributed by atoms with van der Waals surface area (Å²) in [5, 5.41) is 12.1. The molecule has 7 heteroatoms. The smallest absolute Gasteiger partial charge is 0.304 e. The van der Waals surface area contributed by atoms with Crippen LogP contribution in [0.25, 0.3) is 10.8 Å². The number of thiophene rings is 1. The van der Waals surface area contributed by atoms with Crippen LogP contribution in [0.15, 0.2) is 27.8 Å². The highest BCUT2D eigenvalue weighted by Crippen LogP contribution is 2.32. The second-order valence-corrected chi connectivity index (χ2v) is 7.34. The number of sulfone groups is 1. The van der Waals surface area contributed by atoms with E-state index < -0.39 is 22.2 Å². The Morgan fingerprint density at radius 1 is 1.39 bits per heavy atom. The summed E-state index contributed by atoms with van der Waals surface area (Å²) >= 11 is 6.91. The van der Waals surface area contributed by atoms with Crippen LogP contribution in [0.3, 0.4) is 0 Å². The van der Waals surface area contributed by atoms with Crippen molar-refractivity contribution in [2.45, 2.75) is 10.6 Å². The highest BCUT2D eigenvalue weighted by Gasteiger charge is 2.20. The maximum Gasteiger partial charge on any atom is 0.304 e. The zero-order valence-corrected chi connectivity index (χ0v) is 11.5. The maximum absolute atomic E-state index is 12.0. The largest absolute Gasteiger partial charge is 0.481 e. The molecule has 96 valence electrons. The summed E-state index contributed by atoms with van der Waals surface area (Å²) in [4.78, 5) is 10.4. The average molecular weight is 305 g/mol. The number of halogens is 1. The molecule has 0 fully saturated rings. The SMILES string of the molecule is O=C(O)CCS(=O)(=O)c1scc2cc(Cl)ccc12. The van der Waals surface area contributed by atoms with Crippen molar-refractivity contribution in [1.82, 2.24) is 0 Å². The van der Waals surface area contributed by atoms with Crippen LogP contribution in [-0.2, 0) is 14.6 Å². The topological polar surface area (TPSA) is 71.4 Å². The molecule has 1 N–H and O–H groups in total. The van der Waals surface area contributed by atoms with Crippen LogP contribution in [-0.4, -0.2) is 25.2 Å². The third-order valence-electron chi connectivity index (χ3n) is 2.39. The van der Waals surface area contributed by atoms with Gasteiger partial charge in [-0.05, 0) is 22.9 Å². The van der Waals surface area contributed by atoms with Crippen LogP contribution in [0.5, 0.6) is 0 Å². The third-order valence-corrected chi connectivity index (χ3v) is 6.01. The third kappa shape index (κ3) is 2.66. The number of aliphatic carboxylic acids is 1. The summed E-state index contributed by atoms with van der Waals surface area (Å²) in [6.45, 7) is 0. The minimum Gasteiger partial charge on any atom is -0.481 e. The van der Waals surface area contributed by atoms with Crippen molar-refractivity contribution in [2.24, 2.45) is 0 Å². The molecule has 1 aromatic heterocycles. The number of carboxylic acid groups (broad SMARTS) is 1. The quantitative estimate of drug-likeness (QED) is 0.943. The molecular weight excluding hydrogens is 296 g/mol. The van der Waals surface area contributed by atoms with Crippen molar-refractivity contribution in [3.05, 3.63) is 28.6 Å². The molecule has 18 heavy (non-hydrogen) atoms. The maximum atomic E-state index is 12.0. The first-order valence-corrected chi connectivity index (χ1v) is 7.92. The fourth-order valence-electron chi connectivity index (χ4n) is 1.55. The van der Waals surface area contributed by atoms with Gasteiger partial charge in [0, 0.05) is 10.4 Å². The van der Waals surface area contributed by atoms with Crippen molar-refractivity contribution < 1.29 is 18.3 Å². The van der Waals surface area contributed by atoms with Gasteiger partial charge in [0.2, 0.25) is 0 Å². The molecule has 0 aliphatic heterocycles. The number of fused-ring (bicyclic) bond motifs is 1. The van der Waals surface area contributed by atoms with Crippen LogP contribution in [0, 0.1) is 0 Å². The van der Waals surface area contributed by atoms with E-state index in [0.29, 0.717) is 10.4 Å². The first kappa shape index (κ1) is 13.3. The van der Waals surface area contributed by atoms with Gasteiger partial charge in [-0.25, -0.2) is 8.42 Å². The van der Waals surface area contributed by atoms with Gasteiger partial charge in [0.1, 0.15) is 4.21 Å². The minimum absolute atomic E-state index is 0.204. The van der Waals surface area contributed by atoms with E-state index in [1.54, 1.807) is 23.6 Å². The van der Waals surface area contributed by atoms with Crippen molar-refractivity contribution in [2.75, 3.05) is 5.75 Å². The Balaban J connectivity index is 2.45. The zero-order valence-electron chi connectivity index (χ0n) is 9.09. The number of rotatable bonds is 4. The number of hydrogen-bond donors (Lipinski definition) is 1. The highest BCUT2D eigenvalue weighted by molar-refractivity contribution is 7.93. The fraction of sp³-hybridized carbons (Fsp3) is 0.182. The highest BCUT2D eigenvalue weighted by atomic mass is 35.5. The molecule has 0 saturated carbocycles. The van der Waals surface area contributed by atoms with Crippen LogP contribution in [0.1, 0.15) is 6.42 Å². The van der Waals surface area contributed by atoms with Crippen molar-refractivity contribution in [1.29, 1.82) is 0 Å². The number of carboxylic acids is 1. The summed E-state index contributed by atoms with van der Waals surface area (Å²) in [7, 11) is -3.56. The Hall–Kier alpha value is -1.11. The summed E-state index contributed by atoms with van der Waals surface area (Å²) in [6, 6.07) is 4.94. The van der Waals surface area contributed by atoms with E-state index >= 15 is 0 Å². The van der Waals surface area contributed by atoms with Crippen molar-refractivity contribution in [3.8, 4) is 0 Å². The zero-order chi connectivity index (χ0) is 13.3. The van der Waals surface area contributed by atoms with Gasteiger partial charge in [-0.3, -0.25) is 4.79 Å².